The van der Waals surface area contributed by atoms with Gasteiger partial charge in [0, 0.05) is 6.61 Å². The van der Waals surface area contributed by atoms with Crippen LogP contribution in [-0.4, -0.2) is 31.9 Å². The number of aliphatic hydroxyl groups is 1. The molecule has 124 valence electrons. The van der Waals surface area contributed by atoms with Crippen LogP contribution in [0.3, 0.4) is 0 Å². The van der Waals surface area contributed by atoms with Crippen LogP contribution < -0.4 is 14.2 Å². The van der Waals surface area contributed by atoms with Crippen molar-refractivity contribution < 1.29 is 24.1 Å². The minimum Gasteiger partial charge on any atom is -0.493 e. The van der Waals surface area contributed by atoms with Gasteiger partial charge in [-0.05, 0) is 57.7 Å². The number of ether oxygens (including phenoxy) is 3. The Morgan fingerprint density at radius 2 is 1.64 bits per heavy atom. The van der Waals surface area contributed by atoms with Gasteiger partial charge >= 0.3 is 5.97 Å². The number of hydrogen-bond donors (Lipinski definition) is 1. The summed E-state index contributed by atoms with van der Waals surface area (Å²) in [6.07, 6.45) is 2.40. The van der Waals surface area contributed by atoms with Gasteiger partial charge in [0.25, 0.3) is 0 Å². The first-order valence-electron chi connectivity index (χ1n) is 7.41. The fourth-order valence-corrected chi connectivity index (χ4v) is 1.87. The third kappa shape index (κ3) is 4.91. The molecule has 5 heteroatoms. The molecule has 0 atom stereocenters. The lowest BCUT2D eigenvalue weighted by molar-refractivity contribution is -0.143. The summed E-state index contributed by atoms with van der Waals surface area (Å²) in [5.74, 6) is 0.889. The van der Waals surface area contributed by atoms with Crippen molar-refractivity contribution in [2.45, 2.75) is 40.0 Å². The van der Waals surface area contributed by atoms with Crippen LogP contribution in [0.1, 0.15) is 39.2 Å². The maximum absolute atomic E-state index is 12.1. The monoisotopic (exact) mass is 310 g/mol. The number of aliphatic hydroxyl groups excluding tert-OH is 1. The summed E-state index contributed by atoms with van der Waals surface area (Å²) in [5.41, 5.74) is 0.397. The van der Waals surface area contributed by atoms with E-state index in [-0.39, 0.29) is 12.6 Å². The maximum atomic E-state index is 12.1. The average Bonchev–Trinajstić information content (AvgIpc) is 2.47. The van der Waals surface area contributed by atoms with E-state index in [0.717, 1.165) is 24.8 Å². The first kappa shape index (κ1) is 18.3. The maximum Gasteiger partial charge on any atom is 0.316 e. The van der Waals surface area contributed by atoms with Gasteiger partial charge in [-0.1, -0.05) is 0 Å². The number of carbonyl (C=O) groups excluding carboxylic acids is 1. The molecule has 1 aromatic rings. The molecule has 0 amide bonds. The summed E-state index contributed by atoms with van der Waals surface area (Å²) in [7, 11) is 3.06. The summed E-state index contributed by atoms with van der Waals surface area (Å²) in [5, 5.41) is 8.86. The van der Waals surface area contributed by atoms with Crippen molar-refractivity contribution >= 4 is 5.97 Å². The second-order valence-corrected chi connectivity index (χ2v) is 6.15. The Bertz CT molecular complexity index is 477. The average molecular weight is 310 g/mol. The van der Waals surface area contributed by atoms with Crippen LogP contribution in [0, 0.1) is 5.41 Å². The molecule has 22 heavy (non-hydrogen) atoms. The number of aryl methyl sites for hydroxylation is 1. The Morgan fingerprint density at radius 3 is 2.05 bits per heavy atom. The first-order valence-corrected chi connectivity index (χ1v) is 7.41. The molecular formula is C17H26O5. The van der Waals surface area contributed by atoms with Crippen LogP contribution in [0.4, 0.5) is 0 Å². The van der Waals surface area contributed by atoms with E-state index in [0.29, 0.717) is 17.2 Å². The molecule has 0 heterocycles. The van der Waals surface area contributed by atoms with E-state index in [9.17, 15) is 4.79 Å². The summed E-state index contributed by atoms with van der Waals surface area (Å²) < 4.78 is 16.2. The molecule has 0 aliphatic carbocycles. The first-order chi connectivity index (χ1) is 10.3. The van der Waals surface area contributed by atoms with Crippen molar-refractivity contribution in [1.82, 2.24) is 0 Å². The largest absolute Gasteiger partial charge is 0.493 e. The highest BCUT2D eigenvalue weighted by molar-refractivity contribution is 5.79. The van der Waals surface area contributed by atoms with Gasteiger partial charge in [0.2, 0.25) is 5.75 Å². The Labute approximate surface area is 132 Å². The van der Waals surface area contributed by atoms with Crippen LogP contribution in [-0.2, 0) is 11.2 Å². The van der Waals surface area contributed by atoms with Gasteiger partial charge in [0.15, 0.2) is 11.5 Å². The van der Waals surface area contributed by atoms with Gasteiger partial charge in [-0.25, -0.2) is 0 Å². The SMILES string of the molecule is COc1cc(CCCCO)cc(OC)c1OC(=O)C(C)(C)C. The molecule has 0 bridgehead atoms. The Hall–Kier alpha value is -1.75. The number of benzene rings is 1. The zero-order chi connectivity index (χ0) is 16.8. The quantitative estimate of drug-likeness (QED) is 0.476. The number of rotatable bonds is 7. The van der Waals surface area contributed by atoms with Crippen LogP contribution in [0.2, 0.25) is 0 Å². The van der Waals surface area contributed by atoms with Crippen molar-refractivity contribution in [3.05, 3.63) is 17.7 Å². The third-order valence-electron chi connectivity index (χ3n) is 3.20. The smallest absolute Gasteiger partial charge is 0.316 e. The summed E-state index contributed by atoms with van der Waals surface area (Å²) in [6.45, 7) is 5.54. The van der Waals surface area contributed by atoms with Crippen LogP contribution >= 0.6 is 0 Å². The second kappa shape index (κ2) is 8.03. The molecule has 0 saturated carbocycles. The molecule has 5 nitrogen and oxygen atoms in total. The van der Waals surface area contributed by atoms with Gasteiger partial charge in [-0.2, -0.15) is 0 Å². The minimum absolute atomic E-state index is 0.176. The lowest BCUT2D eigenvalue weighted by atomic mass is 9.97. The van der Waals surface area contributed by atoms with E-state index in [2.05, 4.69) is 0 Å². The van der Waals surface area contributed by atoms with E-state index in [1.54, 1.807) is 20.8 Å². The summed E-state index contributed by atoms with van der Waals surface area (Å²) >= 11 is 0. The predicted octanol–water partition coefficient (Wildman–Crippen LogP) is 2.97. The Kier molecular flexibility index (Phi) is 6.68. The van der Waals surface area contributed by atoms with Crippen molar-refractivity contribution in [1.29, 1.82) is 0 Å². The van der Waals surface area contributed by atoms with E-state index in [1.807, 2.05) is 12.1 Å². The van der Waals surface area contributed by atoms with Crippen molar-refractivity contribution in [2.24, 2.45) is 5.41 Å². The molecule has 0 unspecified atom stereocenters. The molecule has 0 saturated heterocycles. The van der Waals surface area contributed by atoms with Crippen molar-refractivity contribution in [3.63, 3.8) is 0 Å². The number of unbranched alkanes of at least 4 members (excludes halogenated alkanes) is 1. The van der Waals surface area contributed by atoms with E-state index in [4.69, 9.17) is 19.3 Å². The Balaban J connectivity index is 3.08. The number of methoxy groups -OCH3 is 2. The normalized spacial score (nSPS) is 11.2. The zero-order valence-electron chi connectivity index (χ0n) is 14.1. The molecule has 0 aliphatic heterocycles. The topological polar surface area (TPSA) is 65.0 Å². The lowest BCUT2D eigenvalue weighted by Crippen LogP contribution is -2.26. The van der Waals surface area contributed by atoms with E-state index < -0.39 is 5.41 Å². The van der Waals surface area contributed by atoms with Gasteiger partial charge in [-0.3, -0.25) is 4.79 Å². The molecule has 0 aliphatic rings. The van der Waals surface area contributed by atoms with Gasteiger partial charge < -0.3 is 19.3 Å². The molecule has 1 rings (SSSR count). The molecule has 0 aromatic heterocycles. The third-order valence-corrected chi connectivity index (χ3v) is 3.20. The molecule has 1 N–H and O–H groups in total. The molecular weight excluding hydrogens is 284 g/mol. The van der Waals surface area contributed by atoms with Crippen molar-refractivity contribution in [2.75, 3.05) is 20.8 Å². The van der Waals surface area contributed by atoms with Gasteiger partial charge in [0.1, 0.15) is 0 Å². The molecule has 1 aromatic carbocycles. The van der Waals surface area contributed by atoms with Crippen LogP contribution in [0.5, 0.6) is 17.2 Å². The van der Waals surface area contributed by atoms with Crippen LogP contribution in [0.15, 0.2) is 12.1 Å². The summed E-state index contributed by atoms with van der Waals surface area (Å²) in [4.78, 5) is 12.1. The highest BCUT2D eigenvalue weighted by Crippen LogP contribution is 2.40. The Morgan fingerprint density at radius 1 is 1.09 bits per heavy atom. The van der Waals surface area contributed by atoms with Gasteiger partial charge in [0.05, 0.1) is 19.6 Å². The highest BCUT2D eigenvalue weighted by Gasteiger charge is 2.27. The fraction of sp³-hybridized carbons (Fsp3) is 0.588. The van der Waals surface area contributed by atoms with E-state index >= 15 is 0 Å². The summed E-state index contributed by atoms with van der Waals surface area (Å²) in [6, 6.07) is 3.68. The fourth-order valence-electron chi connectivity index (χ4n) is 1.87. The molecule has 0 fully saturated rings. The predicted molar refractivity (Wildman–Crippen MR) is 84.7 cm³/mol. The van der Waals surface area contributed by atoms with Gasteiger partial charge in [-0.15, -0.1) is 0 Å². The molecule has 0 spiro atoms. The number of carbonyl (C=O) groups is 1. The molecule has 0 radical (unpaired) electrons. The number of esters is 1. The van der Waals surface area contributed by atoms with Crippen LogP contribution in [0.25, 0.3) is 0 Å². The number of hydrogen-bond acceptors (Lipinski definition) is 5. The minimum atomic E-state index is -0.615. The van der Waals surface area contributed by atoms with Crippen molar-refractivity contribution in [3.8, 4) is 17.2 Å². The second-order valence-electron chi connectivity index (χ2n) is 6.15. The lowest BCUT2D eigenvalue weighted by Gasteiger charge is -2.20. The zero-order valence-corrected chi connectivity index (χ0v) is 14.1. The highest BCUT2D eigenvalue weighted by atomic mass is 16.6. The van der Waals surface area contributed by atoms with E-state index in [1.165, 1.54) is 14.2 Å². The standard InChI is InChI=1S/C17H26O5/c1-17(2,3)16(19)22-15-13(20-4)10-12(8-6-7-9-18)11-14(15)21-5/h10-11,18H,6-9H2,1-5H3.